The van der Waals surface area contributed by atoms with Crippen LogP contribution in [0.4, 0.5) is 0 Å². The van der Waals surface area contributed by atoms with Gasteiger partial charge in [0.1, 0.15) is 5.69 Å². The number of carbonyl (C=O) groups is 2. The van der Waals surface area contributed by atoms with E-state index in [-0.39, 0.29) is 17.7 Å². The number of likely N-dealkylation sites (tertiary alicyclic amines) is 1. The van der Waals surface area contributed by atoms with Gasteiger partial charge in [-0.25, -0.2) is 0 Å². The first kappa shape index (κ1) is 15.4. The maximum absolute atomic E-state index is 12.8. The molecule has 1 aromatic carbocycles. The van der Waals surface area contributed by atoms with Gasteiger partial charge in [-0.3, -0.25) is 14.6 Å². The maximum atomic E-state index is 12.8. The third kappa shape index (κ3) is 3.02. The van der Waals surface area contributed by atoms with Gasteiger partial charge in [-0.15, -0.1) is 0 Å². The molecule has 0 radical (unpaired) electrons. The largest absolute Gasteiger partial charge is 0.327 e. The summed E-state index contributed by atoms with van der Waals surface area (Å²) in [4.78, 5) is 31.2. The molecular formula is C19H20N2O2. The predicted octanol–water partition coefficient (Wildman–Crippen LogP) is 3.19. The summed E-state index contributed by atoms with van der Waals surface area (Å²) in [5.41, 5.74) is 3.33. The van der Waals surface area contributed by atoms with Crippen LogP contribution in [0.5, 0.6) is 0 Å². The maximum Gasteiger partial charge on any atom is 0.273 e. The number of ketones is 1. The summed E-state index contributed by atoms with van der Waals surface area (Å²) >= 11 is 0. The number of amides is 1. The molecule has 1 amide bonds. The summed E-state index contributed by atoms with van der Waals surface area (Å²) < 4.78 is 0. The van der Waals surface area contributed by atoms with Crippen molar-refractivity contribution in [1.29, 1.82) is 0 Å². The smallest absolute Gasteiger partial charge is 0.273 e. The molecule has 0 spiro atoms. The lowest BCUT2D eigenvalue weighted by molar-refractivity contribution is 0.0667. The number of benzene rings is 1. The van der Waals surface area contributed by atoms with Crippen molar-refractivity contribution in [3.8, 4) is 0 Å². The number of pyridine rings is 1. The average Bonchev–Trinajstić information content (AvgIpc) is 3.06. The normalized spacial score (nSPS) is 17.3. The highest BCUT2D eigenvalue weighted by molar-refractivity contribution is 6.04. The summed E-state index contributed by atoms with van der Waals surface area (Å²) in [7, 11) is 0. The van der Waals surface area contributed by atoms with Crippen molar-refractivity contribution < 1.29 is 9.59 Å². The molecule has 23 heavy (non-hydrogen) atoms. The predicted molar refractivity (Wildman–Crippen MR) is 88.5 cm³/mol. The standard InChI is InChI=1S/C19H20N2O2/c1-13-8-9-15(12-14(13)2)18(22)17-7-5-11-21(17)19(23)16-6-3-4-10-20-16/h3-4,6,8-10,12,17H,5,7,11H2,1-2H3. The fourth-order valence-corrected chi connectivity index (χ4v) is 3.01. The van der Waals surface area contributed by atoms with Crippen LogP contribution in [-0.4, -0.2) is 34.2 Å². The lowest BCUT2D eigenvalue weighted by atomic mass is 9.98. The van der Waals surface area contributed by atoms with E-state index in [1.54, 1.807) is 29.3 Å². The molecule has 1 aliphatic heterocycles. The Morgan fingerprint density at radius 2 is 1.96 bits per heavy atom. The average molecular weight is 308 g/mol. The quantitative estimate of drug-likeness (QED) is 0.818. The van der Waals surface area contributed by atoms with Crippen LogP contribution >= 0.6 is 0 Å². The van der Waals surface area contributed by atoms with Gasteiger partial charge >= 0.3 is 0 Å². The van der Waals surface area contributed by atoms with Crippen LogP contribution in [0.15, 0.2) is 42.6 Å². The van der Waals surface area contributed by atoms with Gasteiger partial charge in [0.15, 0.2) is 5.78 Å². The molecule has 0 N–H and O–H groups in total. The number of rotatable bonds is 3. The molecule has 0 saturated carbocycles. The van der Waals surface area contributed by atoms with Crippen LogP contribution in [0.2, 0.25) is 0 Å². The van der Waals surface area contributed by atoms with E-state index >= 15 is 0 Å². The molecule has 1 aromatic heterocycles. The van der Waals surface area contributed by atoms with E-state index in [0.717, 1.165) is 17.5 Å². The van der Waals surface area contributed by atoms with Crippen molar-refractivity contribution in [2.45, 2.75) is 32.7 Å². The monoisotopic (exact) mass is 308 g/mol. The van der Waals surface area contributed by atoms with Gasteiger partial charge < -0.3 is 4.90 Å². The Morgan fingerprint density at radius 3 is 2.65 bits per heavy atom. The van der Waals surface area contributed by atoms with Crippen molar-refractivity contribution in [3.63, 3.8) is 0 Å². The van der Waals surface area contributed by atoms with Gasteiger partial charge in [0.2, 0.25) is 0 Å². The van der Waals surface area contributed by atoms with Gasteiger partial charge in [0.05, 0.1) is 6.04 Å². The minimum atomic E-state index is -0.383. The summed E-state index contributed by atoms with van der Waals surface area (Å²) in [6.07, 6.45) is 3.16. The van der Waals surface area contributed by atoms with Crippen LogP contribution in [0.25, 0.3) is 0 Å². The Balaban J connectivity index is 1.85. The molecule has 1 atom stereocenters. The minimum absolute atomic E-state index is 0.0230. The highest BCUT2D eigenvalue weighted by Crippen LogP contribution is 2.24. The van der Waals surface area contributed by atoms with Gasteiger partial charge in [-0.05, 0) is 56.0 Å². The van der Waals surface area contributed by atoms with Crippen LogP contribution in [0.1, 0.15) is 44.8 Å². The Bertz CT molecular complexity index is 740. The van der Waals surface area contributed by atoms with Gasteiger partial charge in [-0.1, -0.05) is 18.2 Å². The van der Waals surface area contributed by atoms with Crippen molar-refractivity contribution in [2.75, 3.05) is 6.54 Å². The van der Waals surface area contributed by atoms with Crippen LogP contribution in [0, 0.1) is 13.8 Å². The van der Waals surface area contributed by atoms with E-state index in [9.17, 15) is 9.59 Å². The van der Waals surface area contributed by atoms with Crippen LogP contribution in [0.3, 0.4) is 0 Å². The molecule has 1 unspecified atom stereocenters. The molecule has 0 bridgehead atoms. The van der Waals surface area contributed by atoms with E-state index in [4.69, 9.17) is 0 Å². The molecule has 4 nitrogen and oxygen atoms in total. The fraction of sp³-hybridized carbons (Fsp3) is 0.316. The first-order chi connectivity index (χ1) is 11.1. The number of carbonyl (C=O) groups excluding carboxylic acids is 2. The van der Waals surface area contributed by atoms with Crippen LogP contribution < -0.4 is 0 Å². The van der Waals surface area contributed by atoms with E-state index in [2.05, 4.69) is 4.98 Å². The number of Topliss-reactive ketones (excluding diaryl/α,β-unsaturated/α-hetero) is 1. The van der Waals surface area contributed by atoms with Crippen molar-refractivity contribution >= 4 is 11.7 Å². The lowest BCUT2D eigenvalue weighted by Crippen LogP contribution is -2.40. The Morgan fingerprint density at radius 1 is 1.13 bits per heavy atom. The molecule has 1 aliphatic rings. The van der Waals surface area contributed by atoms with Crippen molar-refractivity contribution in [1.82, 2.24) is 9.88 Å². The zero-order valence-electron chi connectivity index (χ0n) is 13.5. The zero-order chi connectivity index (χ0) is 16.4. The van der Waals surface area contributed by atoms with E-state index in [1.807, 2.05) is 32.0 Å². The molecule has 4 heteroatoms. The SMILES string of the molecule is Cc1ccc(C(=O)C2CCCN2C(=O)c2ccccn2)cc1C. The first-order valence-corrected chi connectivity index (χ1v) is 7.91. The van der Waals surface area contributed by atoms with Gasteiger partial charge in [0.25, 0.3) is 5.91 Å². The molecule has 3 rings (SSSR count). The topological polar surface area (TPSA) is 50.3 Å². The molecular weight excluding hydrogens is 288 g/mol. The van der Waals surface area contributed by atoms with Gasteiger partial charge in [0, 0.05) is 18.3 Å². The molecule has 0 aliphatic carbocycles. The highest BCUT2D eigenvalue weighted by atomic mass is 16.2. The second kappa shape index (κ2) is 6.32. The Kier molecular flexibility index (Phi) is 4.24. The molecule has 118 valence electrons. The number of hydrogen-bond acceptors (Lipinski definition) is 3. The molecule has 1 fully saturated rings. The summed E-state index contributed by atoms with van der Waals surface area (Å²) in [5, 5.41) is 0. The number of nitrogens with zero attached hydrogens (tertiary/aromatic N) is 2. The van der Waals surface area contributed by atoms with Crippen LogP contribution in [-0.2, 0) is 0 Å². The van der Waals surface area contributed by atoms with E-state index in [1.165, 1.54) is 0 Å². The third-order valence-corrected chi connectivity index (χ3v) is 4.49. The summed E-state index contributed by atoms with van der Waals surface area (Å²) in [6.45, 7) is 4.63. The molecule has 2 aromatic rings. The minimum Gasteiger partial charge on any atom is -0.327 e. The summed E-state index contributed by atoms with van der Waals surface area (Å²) in [6, 6.07) is 10.6. The van der Waals surface area contributed by atoms with E-state index in [0.29, 0.717) is 24.2 Å². The number of hydrogen-bond donors (Lipinski definition) is 0. The third-order valence-electron chi connectivity index (χ3n) is 4.49. The Hall–Kier alpha value is -2.49. The second-order valence-corrected chi connectivity index (χ2v) is 6.03. The highest BCUT2D eigenvalue weighted by Gasteiger charge is 2.35. The summed E-state index contributed by atoms with van der Waals surface area (Å²) in [5.74, 6) is -0.139. The number of aryl methyl sites for hydroxylation is 2. The van der Waals surface area contributed by atoms with E-state index < -0.39 is 0 Å². The second-order valence-electron chi connectivity index (χ2n) is 6.03. The zero-order valence-corrected chi connectivity index (χ0v) is 13.5. The first-order valence-electron chi connectivity index (χ1n) is 7.91. The molecule has 1 saturated heterocycles. The van der Waals surface area contributed by atoms with Crippen molar-refractivity contribution in [2.24, 2.45) is 0 Å². The number of aromatic nitrogens is 1. The Labute approximate surface area is 136 Å². The lowest BCUT2D eigenvalue weighted by Gasteiger charge is -2.23. The van der Waals surface area contributed by atoms with Crippen molar-refractivity contribution in [3.05, 3.63) is 65.0 Å². The van der Waals surface area contributed by atoms with Gasteiger partial charge in [-0.2, -0.15) is 0 Å². The fourth-order valence-electron chi connectivity index (χ4n) is 3.01. The molecule has 2 heterocycles.